The maximum Gasteiger partial charge on any atom is 0.305 e. The third kappa shape index (κ3) is 9.51. The SMILES string of the molecule is CCCCC[C@H](O)/C=C/[C@H]1CCC(=O)[C@H]1CCCCCCC(=O)OCC. The fourth-order valence-corrected chi connectivity index (χ4v) is 3.73. The molecule has 0 spiro atoms. The van der Waals surface area contributed by atoms with Crippen molar-refractivity contribution < 1.29 is 19.4 Å². The number of ether oxygens (including phenoxy) is 1. The van der Waals surface area contributed by atoms with Crippen LogP contribution in [0.3, 0.4) is 0 Å². The highest BCUT2D eigenvalue weighted by molar-refractivity contribution is 5.83. The lowest BCUT2D eigenvalue weighted by Crippen LogP contribution is -2.14. The Bertz CT molecular complexity index is 430. The molecule has 26 heavy (non-hydrogen) atoms. The molecule has 150 valence electrons. The molecule has 1 aliphatic rings. The molecule has 4 heteroatoms. The molecule has 4 nitrogen and oxygen atoms in total. The van der Waals surface area contributed by atoms with Gasteiger partial charge in [0.25, 0.3) is 0 Å². The van der Waals surface area contributed by atoms with E-state index in [9.17, 15) is 14.7 Å². The van der Waals surface area contributed by atoms with Crippen LogP contribution in [-0.2, 0) is 14.3 Å². The maximum atomic E-state index is 12.2. The molecular formula is C22H38O4. The summed E-state index contributed by atoms with van der Waals surface area (Å²) in [6, 6.07) is 0. The molecule has 3 atom stereocenters. The van der Waals surface area contributed by atoms with E-state index < -0.39 is 0 Å². The van der Waals surface area contributed by atoms with Crippen LogP contribution in [-0.4, -0.2) is 29.6 Å². The van der Waals surface area contributed by atoms with Crippen LogP contribution < -0.4 is 0 Å². The third-order valence-electron chi connectivity index (χ3n) is 5.29. The maximum absolute atomic E-state index is 12.2. The Balaban J connectivity index is 2.24. The van der Waals surface area contributed by atoms with Crippen LogP contribution in [0, 0.1) is 11.8 Å². The second kappa shape index (κ2) is 14.0. The first-order chi connectivity index (χ1) is 12.6. The lowest BCUT2D eigenvalue weighted by atomic mass is 9.89. The van der Waals surface area contributed by atoms with Gasteiger partial charge in [0.15, 0.2) is 0 Å². The molecule has 1 aliphatic carbocycles. The van der Waals surface area contributed by atoms with Crippen LogP contribution in [0.4, 0.5) is 0 Å². The van der Waals surface area contributed by atoms with Crippen LogP contribution >= 0.6 is 0 Å². The average molecular weight is 367 g/mol. The number of carbonyl (C=O) groups excluding carboxylic acids is 2. The van der Waals surface area contributed by atoms with Gasteiger partial charge in [0.1, 0.15) is 5.78 Å². The van der Waals surface area contributed by atoms with Gasteiger partial charge in [-0.15, -0.1) is 0 Å². The monoisotopic (exact) mass is 366 g/mol. The molecule has 0 unspecified atom stereocenters. The van der Waals surface area contributed by atoms with E-state index in [2.05, 4.69) is 13.0 Å². The first kappa shape index (κ1) is 22.9. The lowest BCUT2D eigenvalue weighted by molar-refractivity contribution is -0.143. The van der Waals surface area contributed by atoms with Crippen LogP contribution in [0.15, 0.2) is 12.2 Å². The van der Waals surface area contributed by atoms with Gasteiger partial charge in [0.2, 0.25) is 0 Å². The van der Waals surface area contributed by atoms with Gasteiger partial charge in [-0.1, -0.05) is 57.6 Å². The minimum atomic E-state index is -0.374. The van der Waals surface area contributed by atoms with Crippen LogP contribution in [0.5, 0.6) is 0 Å². The number of carbonyl (C=O) groups is 2. The molecule has 1 fully saturated rings. The molecule has 0 aromatic carbocycles. The molecule has 0 bridgehead atoms. The van der Waals surface area contributed by atoms with Crippen molar-refractivity contribution in [2.45, 2.75) is 97.0 Å². The second-order valence-electron chi connectivity index (χ2n) is 7.48. The zero-order valence-electron chi connectivity index (χ0n) is 16.8. The molecule has 0 aromatic heterocycles. The van der Waals surface area contributed by atoms with Gasteiger partial charge in [-0.05, 0) is 38.5 Å². The van der Waals surface area contributed by atoms with Gasteiger partial charge in [-0.2, -0.15) is 0 Å². The minimum absolute atomic E-state index is 0.110. The standard InChI is InChI=1S/C22H38O4/c1-3-5-8-11-19(23)16-14-18-15-17-21(24)20(18)12-9-6-7-10-13-22(25)26-4-2/h14,16,18-20,23H,3-13,15,17H2,1-2H3/b16-14+/t18-,19-,20-/m0/s1. The summed E-state index contributed by atoms with van der Waals surface area (Å²) in [5.41, 5.74) is 0. The number of hydrogen-bond donors (Lipinski definition) is 1. The predicted octanol–water partition coefficient (Wildman–Crippen LogP) is 4.98. The summed E-state index contributed by atoms with van der Waals surface area (Å²) in [6.45, 7) is 4.43. The van der Waals surface area contributed by atoms with Gasteiger partial charge in [-0.3, -0.25) is 9.59 Å². The predicted molar refractivity (Wildman–Crippen MR) is 105 cm³/mol. The molecule has 0 aliphatic heterocycles. The molecule has 0 saturated heterocycles. The molecule has 1 rings (SSSR count). The van der Waals surface area contributed by atoms with Crippen molar-refractivity contribution in [3.63, 3.8) is 0 Å². The van der Waals surface area contributed by atoms with E-state index in [1.165, 1.54) is 0 Å². The van der Waals surface area contributed by atoms with E-state index in [4.69, 9.17) is 4.74 Å². The van der Waals surface area contributed by atoms with Crippen molar-refractivity contribution >= 4 is 11.8 Å². The van der Waals surface area contributed by atoms with Crippen molar-refractivity contribution in [1.82, 2.24) is 0 Å². The topological polar surface area (TPSA) is 63.6 Å². The lowest BCUT2D eigenvalue weighted by Gasteiger charge is -2.15. The summed E-state index contributed by atoms with van der Waals surface area (Å²) in [5.74, 6) is 0.690. The van der Waals surface area contributed by atoms with Crippen LogP contribution in [0.1, 0.15) is 90.9 Å². The van der Waals surface area contributed by atoms with E-state index in [0.717, 1.165) is 64.2 Å². The van der Waals surface area contributed by atoms with Gasteiger partial charge in [0.05, 0.1) is 12.7 Å². The van der Waals surface area contributed by atoms with E-state index in [-0.39, 0.29) is 18.0 Å². The molecule has 0 aromatic rings. The summed E-state index contributed by atoms with van der Waals surface area (Å²) < 4.78 is 4.92. The number of aliphatic hydroxyl groups excluding tert-OH is 1. The molecular weight excluding hydrogens is 328 g/mol. The number of allylic oxidation sites excluding steroid dienone is 1. The van der Waals surface area contributed by atoms with Crippen molar-refractivity contribution in [3.05, 3.63) is 12.2 Å². The fraction of sp³-hybridized carbons (Fsp3) is 0.818. The third-order valence-corrected chi connectivity index (χ3v) is 5.29. The van der Waals surface area contributed by atoms with Gasteiger partial charge in [0, 0.05) is 18.8 Å². The zero-order valence-corrected chi connectivity index (χ0v) is 16.8. The summed E-state index contributed by atoms with van der Waals surface area (Å²) in [4.78, 5) is 23.4. The van der Waals surface area contributed by atoms with E-state index >= 15 is 0 Å². The number of hydrogen-bond acceptors (Lipinski definition) is 4. The van der Waals surface area contributed by atoms with Crippen LogP contribution in [0.2, 0.25) is 0 Å². The molecule has 0 amide bonds. The quantitative estimate of drug-likeness (QED) is 0.267. The largest absolute Gasteiger partial charge is 0.466 e. The minimum Gasteiger partial charge on any atom is -0.466 e. The van der Waals surface area contributed by atoms with Crippen molar-refractivity contribution in [2.75, 3.05) is 6.61 Å². The van der Waals surface area contributed by atoms with Crippen LogP contribution in [0.25, 0.3) is 0 Å². The number of unbranched alkanes of at least 4 members (excludes halogenated alkanes) is 5. The Hall–Kier alpha value is -1.16. The Morgan fingerprint density at radius 2 is 1.96 bits per heavy atom. The number of aliphatic hydroxyl groups is 1. The van der Waals surface area contributed by atoms with E-state index in [1.54, 1.807) is 0 Å². The van der Waals surface area contributed by atoms with Gasteiger partial charge >= 0.3 is 5.97 Å². The first-order valence-electron chi connectivity index (χ1n) is 10.6. The highest BCUT2D eigenvalue weighted by Gasteiger charge is 2.32. The van der Waals surface area contributed by atoms with Gasteiger partial charge < -0.3 is 9.84 Å². The van der Waals surface area contributed by atoms with Crippen molar-refractivity contribution in [3.8, 4) is 0 Å². The Morgan fingerprint density at radius 3 is 2.69 bits per heavy atom. The normalized spacial score (nSPS) is 21.4. The number of ketones is 1. The molecule has 0 radical (unpaired) electrons. The number of rotatable bonds is 14. The second-order valence-corrected chi connectivity index (χ2v) is 7.48. The molecule has 1 N–H and O–H groups in total. The van der Waals surface area contributed by atoms with Crippen molar-refractivity contribution in [2.24, 2.45) is 11.8 Å². The van der Waals surface area contributed by atoms with E-state index in [0.29, 0.717) is 31.1 Å². The highest BCUT2D eigenvalue weighted by atomic mass is 16.5. The Morgan fingerprint density at radius 1 is 1.19 bits per heavy atom. The summed E-state index contributed by atoms with van der Waals surface area (Å²) in [7, 11) is 0. The zero-order chi connectivity index (χ0) is 19.2. The molecule has 0 heterocycles. The van der Waals surface area contributed by atoms with Gasteiger partial charge in [-0.25, -0.2) is 0 Å². The average Bonchev–Trinajstić information content (AvgIpc) is 2.96. The van der Waals surface area contributed by atoms with Crippen molar-refractivity contribution in [1.29, 1.82) is 0 Å². The summed E-state index contributed by atoms with van der Waals surface area (Å²) in [5, 5.41) is 10.0. The Labute approximate surface area is 159 Å². The van der Waals surface area contributed by atoms with E-state index in [1.807, 2.05) is 13.0 Å². The Kier molecular flexibility index (Phi) is 12.3. The smallest absolute Gasteiger partial charge is 0.305 e. The summed E-state index contributed by atoms with van der Waals surface area (Å²) in [6.07, 6.45) is 14.8. The fourth-order valence-electron chi connectivity index (χ4n) is 3.73. The summed E-state index contributed by atoms with van der Waals surface area (Å²) >= 11 is 0. The highest BCUT2D eigenvalue weighted by Crippen LogP contribution is 2.34. The first-order valence-corrected chi connectivity index (χ1v) is 10.6. The number of esters is 1. The molecule has 1 saturated carbocycles. The number of Topliss-reactive ketones (excluding diaryl/α,β-unsaturated/α-hetero) is 1.